The zero-order chi connectivity index (χ0) is 18.1. The SMILES string of the molecule is CCC(=O)[N]CC1=C(c2ccc(Cl)cc2)S(=O)(=O)NC12CCCCC2. The molecule has 2 aliphatic rings. The number of hydrogen-bond acceptors (Lipinski definition) is 3. The summed E-state index contributed by atoms with van der Waals surface area (Å²) < 4.78 is 28.7. The van der Waals surface area contributed by atoms with Gasteiger partial charge in [-0.3, -0.25) is 4.79 Å². The molecule has 0 aromatic heterocycles. The number of amides is 1. The molecule has 1 aliphatic carbocycles. The van der Waals surface area contributed by atoms with Crippen LogP contribution in [0.25, 0.3) is 4.91 Å². The number of hydrogen-bond donors (Lipinski definition) is 1. The van der Waals surface area contributed by atoms with Crippen molar-refractivity contribution in [3.05, 3.63) is 40.4 Å². The summed E-state index contributed by atoms with van der Waals surface area (Å²) in [6.07, 6.45) is 4.82. The molecular formula is C18H22ClN2O3S. The lowest BCUT2D eigenvalue weighted by Gasteiger charge is -2.35. The molecule has 1 aromatic rings. The van der Waals surface area contributed by atoms with E-state index in [2.05, 4.69) is 10.0 Å². The first kappa shape index (κ1) is 18.4. The van der Waals surface area contributed by atoms with E-state index < -0.39 is 15.6 Å². The molecule has 135 valence electrons. The van der Waals surface area contributed by atoms with Crippen molar-refractivity contribution in [2.24, 2.45) is 0 Å². The predicted molar refractivity (Wildman–Crippen MR) is 98.5 cm³/mol. The van der Waals surface area contributed by atoms with Crippen LogP contribution < -0.4 is 10.0 Å². The van der Waals surface area contributed by atoms with E-state index in [-0.39, 0.29) is 17.4 Å². The van der Waals surface area contributed by atoms with Gasteiger partial charge in [0.15, 0.2) is 0 Å². The van der Waals surface area contributed by atoms with Crippen molar-refractivity contribution < 1.29 is 13.2 Å². The van der Waals surface area contributed by atoms with Crippen LogP contribution in [0.5, 0.6) is 0 Å². The first-order valence-electron chi connectivity index (χ1n) is 8.62. The summed E-state index contributed by atoms with van der Waals surface area (Å²) in [6.45, 7) is 1.87. The molecule has 1 aliphatic heterocycles. The van der Waals surface area contributed by atoms with Crippen molar-refractivity contribution >= 4 is 32.4 Å². The fourth-order valence-corrected chi connectivity index (χ4v) is 5.84. The first-order valence-corrected chi connectivity index (χ1v) is 10.5. The van der Waals surface area contributed by atoms with Gasteiger partial charge in [-0.05, 0) is 36.1 Å². The minimum absolute atomic E-state index is 0.122. The maximum Gasteiger partial charge on any atom is 0.242 e. The number of carbonyl (C=O) groups excluding carboxylic acids is 1. The Bertz CT molecular complexity index is 794. The fourth-order valence-electron chi connectivity index (χ4n) is 3.74. The Kier molecular flexibility index (Phi) is 5.23. The number of halogens is 1. The third-order valence-corrected chi connectivity index (χ3v) is 6.91. The highest BCUT2D eigenvalue weighted by molar-refractivity contribution is 7.99. The van der Waals surface area contributed by atoms with Crippen molar-refractivity contribution in [2.75, 3.05) is 6.54 Å². The first-order chi connectivity index (χ1) is 11.9. The summed E-state index contributed by atoms with van der Waals surface area (Å²) in [5, 5.41) is 4.65. The van der Waals surface area contributed by atoms with Gasteiger partial charge in [0.05, 0.1) is 17.0 Å². The zero-order valence-corrected chi connectivity index (χ0v) is 15.8. The minimum atomic E-state index is -3.65. The van der Waals surface area contributed by atoms with Crippen molar-refractivity contribution in [1.29, 1.82) is 0 Å². The maximum absolute atomic E-state index is 12.9. The van der Waals surface area contributed by atoms with Gasteiger partial charge in [-0.25, -0.2) is 18.5 Å². The molecule has 1 aromatic carbocycles. The Hall–Kier alpha value is -1.37. The molecule has 25 heavy (non-hydrogen) atoms. The van der Waals surface area contributed by atoms with Gasteiger partial charge in [0.1, 0.15) is 0 Å². The molecule has 1 N–H and O–H groups in total. The van der Waals surface area contributed by atoms with Crippen LogP contribution in [0.1, 0.15) is 51.0 Å². The summed E-state index contributed by atoms with van der Waals surface area (Å²) in [5.41, 5.74) is 0.702. The Morgan fingerprint density at radius 3 is 2.44 bits per heavy atom. The van der Waals surface area contributed by atoms with Crippen molar-refractivity contribution in [2.45, 2.75) is 51.0 Å². The van der Waals surface area contributed by atoms with E-state index in [0.717, 1.165) is 37.7 Å². The van der Waals surface area contributed by atoms with Crippen molar-refractivity contribution in [3.63, 3.8) is 0 Å². The van der Waals surface area contributed by atoms with Crippen LogP contribution in [0, 0.1) is 0 Å². The molecular weight excluding hydrogens is 360 g/mol. The summed E-state index contributed by atoms with van der Waals surface area (Å²) in [7, 11) is -3.65. The van der Waals surface area contributed by atoms with Crippen LogP contribution in [0.4, 0.5) is 0 Å². The second kappa shape index (κ2) is 7.09. The van der Waals surface area contributed by atoms with Gasteiger partial charge in [0.25, 0.3) is 0 Å². The molecule has 1 spiro atoms. The van der Waals surface area contributed by atoms with Crippen LogP contribution in [0.2, 0.25) is 5.02 Å². The van der Waals surface area contributed by atoms with Gasteiger partial charge in [-0.1, -0.05) is 49.9 Å². The van der Waals surface area contributed by atoms with E-state index in [0.29, 0.717) is 17.0 Å². The normalized spacial score (nSPS) is 21.5. The highest BCUT2D eigenvalue weighted by atomic mass is 35.5. The Labute approximate surface area is 153 Å². The number of nitrogens with one attached hydrogen (secondary N) is 1. The zero-order valence-electron chi connectivity index (χ0n) is 14.2. The van der Waals surface area contributed by atoms with E-state index >= 15 is 0 Å². The molecule has 0 unspecified atom stereocenters. The molecule has 1 heterocycles. The van der Waals surface area contributed by atoms with E-state index in [1.54, 1.807) is 31.2 Å². The Morgan fingerprint density at radius 1 is 1.20 bits per heavy atom. The lowest BCUT2D eigenvalue weighted by atomic mass is 9.76. The molecule has 1 radical (unpaired) electrons. The number of benzene rings is 1. The average Bonchev–Trinajstić information content (AvgIpc) is 2.80. The summed E-state index contributed by atoms with van der Waals surface area (Å²) in [6, 6.07) is 6.77. The quantitative estimate of drug-likeness (QED) is 0.869. The largest absolute Gasteiger partial charge is 0.273 e. The Morgan fingerprint density at radius 2 is 1.84 bits per heavy atom. The third-order valence-electron chi connectivity index (χ3n) is 4.98. The monoisotopic (exact) mass is 381 g/mol. The highest BCUT2D eigenvalue weighted by Crippen LogP contribution is 2.45. The molecule has 0 saturated heterocycles. The average molecular weight is 382 g/mol. The van der Waals surface area contributed by atoms with Gasteiger partial charge in [-0.2, -0.15) is 0 Å². The molecule has 0 atom stereocenters. The summed E-state index contributed by atoms with van der Waals surface area (Å²) in [5.74, 6) is -0.210. The molecule has 0 bridgehead atoms. The van der Waals surface area contributed by atoms with Gasteiger partial charge in [-0.15, -0.1) is 0 Å². The molecule has 1 amide bonds. The number of rotatable bonds is 4. The molecule has 1 fully saturated rings. The smallest absolute Gasteiger partial charge is 0.242 e. The summed E-state index contributed by atoms with van der Waals surface area (Å²) in [4.78, 5) is 12.0. The van der Waals surface area contributed by atoms with E-state index in [9.17, 15) is 13.2 Å². The van der Waals surface area contributed by atoms with Gasteiger partial charge in [0, 0.05) is 11.4 Å². The number of sulfonamides is 1. The van der Waals surface area contributed by atoms with E-state index in [1.165, 1.54) is 0 Å². The van der Waals surface area contributed by atoms with Crippen LogP contribution in [-0.2, 0) is 14.8 Å². The molecule has 7 heteroatoms. The lowest BCUT2D eigenvalue weighted by Crippen LogP contribution is -2.47. The van der Waals surface area contributed by atoms with Crippen LogP contribution >= 0.6 is 11.6 Å². The standard InChI is InChI=1S/C18H22ClN2O3S/c1-2-16(22)20-12-15-17(13-6-8-14(19)9-7-13)25(23,24)21-18(15)10-4-3-5-11-18/h6-9,21H,2-5,10-12H2,1H3. The van der Waals surface area contributed by atoms with Crippen molar-refractivity contribution in [1.82, 2.24) is 10.0 Å². The molecule has 3 rings (SSSR count). The summed E-state index contributed by atoms with van der Waals surface area (Å²) >= 11 is 5.95. The number of nitrogens with zero attached hydrogens (tertiary/aromatic N) is 1. The van der Waals surface area contributed by atoms with Gasteiger partial charge < -0.3 is 0 Å². The topological polar surface area (TPSA) is 77.3 Å². The van der Waals surface area contributed by atoms with E-state index in [4.69, 9.17) is 11.6 Å². The fraction of sp³-hybridized carbons (Fsp3) is 0.500. The number of carbonyl (C=O) groups is 1. The highest BCUT2D eigenvalue weighted by Gasteiger charge is 2.49. The van der Waals surface area contributed by atoms with Crippen LogP contribution in [0.3, 0.4) is 0 Å². The molecule has 5 nitrogen and oxygen atoms in total. The van der Waals surface area contributed by atoms with Crippen LogP contribution in [-0.4, -0.2) is 26.4 Å². The van der Waals surface area contributed by atoms with E-state index in [1.807, 2.05) is 0 Å². The van der Waals surface area contributed by atoms with Crippen molar-refractivity contribution in [3.8, 4) is 0 Å². The minimum Gasteiger partial charge on any atom is -0.273 e. The Balaban J connectivity index is 2.11. The molecule has 1 saturated carbocycles. The third kappa shape index (κ3) is 3.61. The lowest BCUT2D eigenvalue weighted by molar-refractivity contribution is -0.120. The van der Waals surface area contributed by atoms with Gasteiger partial charge >= 0.3 is 0 Å². The second-order valence-corrected chi connectivity index (χ2v) is 8.68. The second-order valence-electron chi connectivity index (χ2n) is 6.63. The van der Waals surface area contributed by atoms with Gasteiger partial charge in [0.2, 0.25) is 15.9 Å². The maximum atomic E-state index is 12.9. The predicted octanol–water partition coefficient (Wildman–Crippen LogP) is 3.23. The van der Waals surface area contributed by atoms with Crippen LogP contribution in [0.15, 0.2) is 29.8 Å².